The summed E-state index contributed by atoms with van der Waals surface area (Å²) in [5.41, 5.74) is 6.84. The van der Waals surface area contributed by atoms with E-state index in [1.54, 1.807) is 37.6 Å². The van der Waals surface area contributed by atoms with Gasteiger partial charge in [0.25, 0.3) is 5.24 Å². The Hall–Kier alpha value is -1.90. The molecule has 0 unspecified atom stereocenters. The van der Waals surface area contributed by atoms with Crippen molar-refractivity contribution in [1.82, 2.24) is 10.2 Å². The number of anilines is 1. The van der Waals surface area contributed by atoms with Gasteiger partial charge in [-0.05, 0) is 35.9 Å². The molecule has 9 heteroatoms. The maximum atomic E-state index is 12.0. The highest BCUT2D eigenvalue weighted by Gasteiger charge is 2.38. The quantitative estimate of drug-likeness (QED) is 0.654. The number of carbonyl (C=O) groups excluding carboxylic acids is 2. The van der Waals surface area contributed by atoms with E-state index < -0.39 is 12.1 Å². The molecule has 0 bridgehead atoms. The third kappa shape index (κ3) is 5.47. The molecule has 3 N–H and O–H groups in total. The zero-order valence-corrected chi connectivity index (χ0v) is 12.8. The number of thioether (sulfide) groups is 1. The highest BCUT2D eigenvalue weighted by atomic mass is 32.2. The number of rotatable bonds is 4. The topological polar surface area (TPSA) is 75.4 Å². The van der Waals surface area contributed by atoms with Gasteiger partial charge in [0.15, 0.2) is 0 Å². The normalized spacial score (nSPS) is 11.1. The second kappa shape index (κ2) is 7.39. The molecule has 0 aliphatic heterocycles. The Kier molecular flexibility index (Phi) is 6.10. The molecule has 0 heterocycles. The summed E-state index contributed by atoms with van der Waals surface area (Å²) < 4.78 is 36.0. The van der Waals surface area contributed by atoms with Crippen LogP contribution in [0, 0.1) is 0 Å². The summed E-state index contributed by atoms with van der Waals surface area (Å²) in [6, 6.07) is 4.86. The minimum atomic E-state index is -4.88. The zero-order valence-electron chi connectivity index (χ0n) is 12.0. The van der Waals surface area contributed by atoms with Crippen LogP contribution in [0.1, 0.15) is 5.56 Å². The van der Waals surface area contributed by atoms with Crippen molar-refractivity contribution >= 4 is 28.6 Å². The van der Waals surface area contributed by atoms with Crippen LogP contribution in [0.2, 0.25) is 0 Å². The Bertz CT molecular complexity index is 562. The molecule has 0 radical (unpaired) electrons. The fourth-order valence-electron chi connectivity index (χ4n) is 1.45. The van der Waals surface area contributed by atoms with Crippen LogP contribution in [-0.4, -0.2) is 42.9 Å². The molecule has 2 amide bonds. The molecule has 0 fully saturated rings. The molecule has 0 aromatic heterocycles. The van der Waals surface area contributed by atoms with E-state index in [0.717, 1.165) is 11.8 Å². The van der Waals surface area contributed by atoms with E-state index in [9.17, 15) is 22.8 Å². The first-order valence-corrected chi connectivity index (χ1v) is 7.05. The maximum Gasteiger partial charge on any atom is 0.471 e. The van der Waals surface area contributed by atoms with Gasteiger partial charge in [-0.25, -0.2) is 0 Å². The van der Waals surface area contributed by atoms with Crippen molar-refractivity contribution in [3.05, 3.63) is 23.8 Å². The van der Waals surface area contributed by atoms with Crippen LogP contribution in [0.4, 0.5) is 23.7 Å². The Labute approximate surface area is 130 Å². The standard InChI is InChI=1S/C13H16F3N3O2S/c1-19(2)12(21)22-10-4-3-8(7-9(10)17)5-6-18-11(20)13(14,15)16/h3-4,7H,5-6,17H2,1-2H3,(H,18,20). The Balaban J connectivity index is 2.59. The van der Waals surface area contributed by atoms with Gasteiger partial charge in [-0.3, -0.25) is 9.59 Å². The van der Waals surface area contributed by atoms with E-state index in [4.69, 9.17) is 5.73 Å². The van der Waals surface area contributed by atoms with Gasteiger partial charge in [-0.1, -0.05) is 6.07 Å². The molecule has 1 aromatic rings. The van der Waals surface area contributed by atoms with Crippen molar-refractivity contribution in [3.63, 3.8) is 0 Å². The number of nitrogens with zero attached hydrogens (tertiary/aromatic N) is 1. The van der Waals surface area contributed by atoms with Crippen molar-refractivity contribution in [1.29, 1.82) is 0 Å². The Morgan fingerprint density at radius 2 is 1.95 bits per heavy atom. The largest absolute Gasteiger partial charge is 0.471 e. The molecule has 1 aromatic carbocycles. The second-order valence-electron chi connectivity index (χ2n) is 4.64. The van der Waals surface area contributed by atoms with E-state index in [0.29, 0.717) is 16.1 Å². The van der Waals surface area contributed by atoms with Crippen molar-refractivity contribution in [2.45, 2.75) is 17.5 Å². The van der Waals surface area contributed by atoms with Gasteiger partial charge in [-0.2, -0.15) is 13.2 Å². The minimum Gasteiger partial charge on any atom is -0.398 e. The molecule has 0 saturated carbocycles. The minimum absolute atomic E-state index is 0.152. The van der Waals surface area contributed by atoms with E-state index in [1.165, 1.54) is 4.90 Å². The van der Waals surface area contributed by atoms with Crippen molar-refractivity contribution < 1.29 is 22.8 Å². The lowest BCUT2D eigenvalue weighted by Crippen LogP contribution is -2.37. The molecule has 0 aliphatic carbocycles. The summed E-state index contributed by atoms with van der Waals surface area (Å²) in [7, 11) is 3.23. The number of benzene rings is 1. The van der Waals surface area contributed by atoms with E-state index >= 15 is 0 Å². The summed E-state index contributed by atoms with van der Waals surface area (Å²) in [5.74, 6) is -1.97. The van der Waals surface area contributed by atoms with Gasteiger partial charge in [-0.15, -0.1) is 0 Å². The number of nitrogens with two attached hydrogens (primary N) is 1. The lowest BCUT2D eigenvalue weighted by atomic mass is 10.1. The lowest BCUT2D eigenvalue weighted by Gasteiger charge is -2.12. The molecule has 1 rings (SSSR count). The fraction of sp³-hybridized carbons (Fsp3) is 0.385. The molecule has 0 saturated heterocycles. The summed E-state index contributed by atoms with van der Waals surface area (Å²) in [5, 5.41) is 1.60. The van der Waals surface area contributed by atoms with Crippen molar-refractivity contribution in [2.24, 2.45) is 0 Å². The predicted octanol–water partition coefficient (Wildman–Crippen LogP) is 2.26. The molecule has 0 atom stereocenters. The summed E-state index contributed by atoms with van der Waals surface area (Å²) in [6.45, 7) is -0.152. The molecular formula is C13H16F3N3O2S. The number of amides is 2. The first-order chi connectivity index (χ1) is 10.1. The first kappa shape index (κ1) is 18.1. The van der Waals surface area contributed by atoms with Crippen LogP contribution in [-0.2, 0) is 11.2 Å². The highest BCUT2D eigenvalue weighted by Crippen LogP contribution is 2.27. The Morgan fingerprint density at radius 1 is 1.32 bits per heavy atom. The number of nitrogens with one attached hydrogen (secondary N) is 1. The van der Waals surface area contributed by atoms with E-state index in [2.05, 4.69) is 0 Å². The van der Waals surface area contributed by atoms with Gasteiger partial charge >= 0.3 is 12.1 Å². The smallest absolute Gasteiger partial charge is 0.398 e. The monoisotopic (exact) mass is 335 g/mol. The first-order valence-electron chi connectivity index (χ1n) is 6.24. The van der Waals surface area contributed by atoms with Crippen LogP contribution < -0.4 is 11.1 Å². The van der Waals surface area contributed by atoms with Gasteiger partial charge in [0.05, 0.1) is 0 Å². The molecule has 0 aliphatic rings. The Morgan fingerprint density at radius 3 is 2.45 bits per heavy atom. The van der Waals surface area contributed by atoms with Crippen LogP contribution in [0.5, 0.6) is 0 Å². The second-order valence-corrected chi connectivity index (χ2v) is 5.63. The van der Waals surface area contributed by atoms with E-state index in [-0.39, 0.29) is 18.2 Å². The molecule has 0 spiro atoms. The number of halogens is 3. The third-order valence-electron chi connectivity index (χ3n) is 2.59. The van der Waals surface area contributed by atoms with Gasteiger partial charge < -0.3 is 16.0 Å². The number of hydrogen-bond acceptors (Lipinski definition) is 4. The van der Waals surface area contributed by atoms with Gasteiger partial charge in [0, 0.05) is 31.2 Å². The molecule has 5 nitrogen and oxygen atoms in total. The lowest BCUT2D eigenvalue weighted by molar-refractivity contribution is -0.173. The predicted molar refractivity (Wildman–Crippen MR) is 78.6 cm³/mol. The summed E-state index contributed by atoms with van der Waals surface area (Å²) >= 11 is 0.963. The summed E-state index contributed by atoms with van der Waals surface area (Å²) in [6.07, 6.45) is -4.68. The van der Waals surface area contributed by atoms with Crippen LogP contribution in [0.3, 0.4) is 0 Å². The average molecular weight is 335 g/mol. The molecule has 22 heavy (non-hydrogen) atoms. The zero-order chi connectivity index (χ0) is 16.9. The van der Waals surface area contributed by atoms with Crippen molar-refractivity contribution in [2.75, 3.05) is 26.4 Å². The highest BCUT2D eigenvalue weighted by molar-refractivity contribution is 8.13. The van der Waals surface area contributed by atoms with Crippen LogP contribution in [0.15, 0.2) is 23.1 Å². The van der Waals surface area contributed by atoms with Gasteiger partial charge in [0.2, 0.25) is 0 Å². The number of nitrogen functional groups attached to an aromatic ring is 1. The average Bonchev–Trinajstić information content (AvgIpc) is 2.40. The molecular weight excluding hydrogens is 319 g/mol. The number of hydrogen-bond donors (Lipinski definition) is 2. The molecule has 122 valence electrons. The van der Waals surface area contributed by atoms with Crippen molar-refractivity contribution in [3.8, 4) is 0 Å². The van der Waals surface area contributed by atoms with E-state index in [1.807, 2.05) is 0 Å². The fourth-order valence-corrected chi connectivity index (χ4v) is 2.14. The SMILES string of the molecule is CN(C)C(=O)Sc1ccc(CCNC(=O)C(F)(F)F)cc1N. The van der Waals surface area contributed by atoms with Crippen LogP contribution >= 0.6 is 11.8 Å². The number of carbonyl (C=O) groups is 2. The third-order valence-corrected chi connectivity index (χ3v) is 3.72. The van der Waals surface area contributed by atoms with Crippen LogP contribution in [0.25, 0.3) is 0 Å². The summed E-state index contributed by atoms with van der Waals surface area (Å²) in [4.78, 5) is 24.2. The maximum absolute atomic E-state index is 12.0. The van der Waals surface area contributed by atoms with Gasteiger partial charge in [0.1, 0.15) is 0 Å². The number of alkyl halides is 3.